The molecular weight excluding hydrogens is 182 g/mol. The summed E-state index contributed by atoms with van der Waals surface area (Å²) in [5, 5.41) is 14.0. The monoisotopic (exact) mass is 201 g/mol. The van der Waals surface area contributed by atoms with Crippen molar-refractivity contribution in [2.75, 3.05) is 33.1 Å². The van der Waals surface area contributed by atoms with Crippen LogP contribution in [0.4, 0.5) is 0 Å². The smallest absolute Gasteiger partial charge is 0.0896 e. The quantitative estimate of drug-likeness (QED) is 0.512. The largest absolute Gasteiger partial charge is 0.304 e. The lowest BCUT2D eigenvalue weighted by molar-refractivity contribution is 0.249. The van der Waals surface area contributed by atoms with Crippen LogP contribution in [0.2, 0.25) is 0 Å². The minimum absolute atomic E-state index is 0.524. The molecule has 1 fully saturated rings. The van der Waals surface area contributed by atoms with Crippen molar-refractivity contribution >= 4 is 0 Å². The van der Waals surface area contributed by atoms with E-state index in [0.29, 0.717) is 13.3 Å². The van der Waals surface area contributed by atoms with Crippen molar-refractivity contribution in [2.45, 2.75) is 19.3 Å². The van der Waals surface area contributed by atoms with Crippen molar-refractivity contribution in [3.63, 3.8) is 0 Å². The van der Waals surface area contributed by atoms with Crippen LogP contribution in [0, 0.1) is 4.91 Å². The van der Waals surface area contributed by atoms with Gasteiger partial charge >= 0.3 is 0 Å². The molecule has 1 heterocycles. The summed E-state index contributed by atoms with van der Waals surface area (Å²) in [7, 11) is 0. The van der Waals surface area contributed by atoms with Gasteiger partial charge in [-0.3, -0.25) is 10.6 Å². The van der Waals surface area contributed by atoms with Crippen molar-refractivity contribution < 1.29 is 0 Å². The number of nitrogens with one attached hydrogen (secondary N) is 3. The van der Waals surface area contributed by atoms with E-state index < -0.39 is 0 Å². The highest BCUT2D eigenvalue weighted by Crippen LogP contribution is 1.98. The molecule has 0 aliphatic carbocycles. The van der Waals surface area contributed by atoms with Crippen LogP contribution in [-0.4, -0.2) is 38.1 Å². The molecule has 0 atom stereocenters. The first kappa shape index (κ1) is 11.4. The second-order valence-electron chi connectivity index (χ2n) is 3.38. The second kappa shape index (κ2) is 7.66. The highest BCUT2D eigenvalue weighted by molar-refractivity contribution is 4.55. The molecule has 0 amide bonds. The molecule has 0 aromatic carbocycles. The summed E-state index contributed by atoms with van der Waals surface area (Å²) in [5.41, 5.74) is 0. The molecule has 0 radical (unpaired) electrons. The SMILES string of the molecule is O=NN1CCCCCNCNCNC1. The lowest BCUT2D eigenvalue weighted by atomic mass is 10.2. The molecule has 82 valence electrons. The second-order valence-corrected chi connectivity index (χ2v) is 3.38. The van der Waals surface area contributed by atoms with Crippen LogP contribution in [0.1, 0.15) is 19.3 Å². The average Bonchev–Trinajstić information content (AvgIpc) is 2.19. The highest BCUT2D eigenvalue weighted by Gasteiger charge is 2.02. The van der Waals surface area contributed by atoms with E-state index in [-0.39, 0.29) is 0 Å². The zero-order valence-electron chi connectivity index (χ0n) is 8.46. The van der Waals surface area contributed by atoms with E-state index in [1.807, 2.05) is 0 Å². The Morgan fingerprint density at radius 2 is 1.86 bits per heavy atom. The van der Waals surface area contributed by atoms with E-state index >= 15 is 0 Å². The first-order chi connectivity index (χ1) is 6.93. The van der Waals surface area contributed by atoms with Gasteiger partial charge in [0.1, 0.15) is 0 Å². The van der Waals surface area contributed by atoms with Gasteiger partial charge in [0.15, 0.2) is 0 Å². The Labute approximate surface area is 84.4 Å². The number of nitroso groups, excluding NO2 is 1. The molecule has 0 aromatic rings. The van der Waals surface area contributed by atoms with Gasteiger partial charge in [-0.2, -0.15) is 0 Å². The van der Waals surface area contributed by atoms with Gasteiger partial charge in [0, 0.05) is 19.9 Å². The van der Waals surface area contributed by atoms with Crippen LogP contribution < -0.4 is 16.0 Å². The maximum atomic E-state index is 10.4. The van der Waals surface area contributed by atoms with Crippen LogP contribution in [0.25, 0.3) is 0 Å². The Kier molecular flexibility index (Phi) is 6.21. The summed E-state index contributed by atoms with van der Waals surface area (Å²) >= 11 is 0. The molecule has 0 saturated carbocycles. The van der Waals surface area contributed by atoms with Crippen molar-refractivity contribution in [3.8, 4) is 0 Å². The van der Waals surface area contributed by atoms with Crippen LogP contribution in [0.3, 0.4) is 0 Å². The first-order valence-electron chi connectivity index (χ1n) is 5.14. The summed E-state index contributed by atoms with van der Waals surface area (Å²) in [6.45, 7) is 3.80. The van der Waals surface area contributed by atoms with E-state index in [0.717, 1.165) is 39.0 Å². The van der Waals surface area contributed by atoms with Crippen molar-refractivity contribution in [3.05, 3.63) is 4.91 Å². The standard InChI is InChI=1S/C8H19N5O/c14-12-13-5-3-1-2-4-9-6-10-7-11-8-13/h9-11H,1-8H2. The third-order valence-corrected chi connectivity index (χ3v) is 2.18. The Balaban J connectivity index is 2.20. The predicted octanol–water partition coefficient (Wildman–Crippen LogP) is -0.205. The zero-order chi connectivity index (χ0) is 10.1. The van der Waals surface area contributed by atoms with Crippen molar-refractivity contribution in [1.82, 2.24) is 21.0 Å². The molecule has 1 rings (SSSR count). The van der Waals surface area contributed by atoms with Crippen LogP contribution in [-0.2, 0) is 0 Å². The topological polar surface area (TPSA) is 68.8 Å². The van der Waals surface area contributed by atoms with Gasteiger partial charge in [-0.1, -0.05) is 6.42 Å². The molecule has 1 saturated heterocycles. The Hall–Kier alpha value is -0.720. The maximum absolute atomic E-state index is 10.4. The number of nitrogens with zero attached hydrogens (tertiary/aromatic N) is 2. The average molecular weight is 201 g/mol. The lowest BCUT2D eigenvalue weighted by Crippen LogP contribution is -2.41. The fourth-order valence-corrected chi connectivity index (χ4v) is 1.38. The van der Waals surface area contributed by atoms with E-state index in [4.69, 9.17) is 0 Å². The van der Waals surface area contributed by atoms with Crippen LogP contribution in [0.5, 0.6) is 0 Å². The summed E-state index contributed by atoms with van der Waals surface area (Å²) in [4.78, 5) is 10.4. The molecule has 0 aromatic heterocycles. The number of hydrogen-bond donors (Lipinski definition) is 3. The Morgan fingerprint density at radius 1 is 1.00 bits per heavy atom. The minimum Gasteiger partial charge on any atom is -0.304 e. The third kappa shape index (κ3) is 5.11. The van der Waals surface area contributed by atoms with E-state index in [9.17, 15) is 4.91 Å². The maximum Gasteiger partial charge on any atom is 0.0896 e. The fourth-order valence-electron chi connectivity index (χ4n) is 1.38. The third-order valence-electron chi connectivity index (χ3n) is 2.18. The number of rotatable bonds is 1. The highest BCUT2D eigenvalue weighted by atomic mass is 16.3. The normalized spacial score (nSPS) is 22.1. The molecule has 1 aliphatic heterocycles. The molecule has 3 N–H and O–H groups in total. The lowest BCUT2D eigenvalue weighted by Gasteiger charge is -2.17. The van der Waals surface area contributed by atoms with Gasteiger partial charge in [-0.25, -0.2) is 5.01 Å². The molecule has 0 unspecified atom stereocenters. The number of hydrogen-bond acceptors (Lipinski definition) is 5. The molecule has 0 spiro atoms. The van der Waals surface area contributed by atoms with Gasteiger partial charge in [0.25, 0.3) is 0 Å². The van der Waals surface area contributed by atoms with Gasteiger partial charge in [-0.15, -0.1) is 4.91 Å². The summed E-state index contributed by atoms with van der Waals surface area (Å²) in [6.07, 6.45) is 3.32. The summed E-state index contributed by atoms with van der Waals surface area (Å²) in [5.74, 6) is 0. The Bertz CT molecular complexity index is 143. The molecule has 14 heavy (non-hydrogen) atoms. The fraction of sp³-hybridized carbons (Fsp3) is 1.00. The van der Waals surface area contributed by atoms with Crippen LogP contribution in [0.15, 0.2) is 5.29 Å². The van der Waals surface area contributed by atoms with Gasteiger partial charge in [-0.05, 0) is 19.4 Å². The van der Waals surface area contributed by atoms with Crippen molar-refractivity contribution in [1.29, 1.82) is 0 Å². The van der Waals surface area contributed by atoms with Gasteiger partial charge < -0.3 is 5.32 Å². The molecule has 6 nitrogen and oxygen atoms in total. The van der Waals surface area contributed by atoms with Gasteiger partial charge in [0.2, 0.25) is 0 Å². The van der Waals surface area contributed by atoms with E-state index in [1.165, 1.54) is 5.01 Å². The Morgan fingerprint density at radius 3 is 2.71 bits per heavy atom. The molecule has 0 bridgehead atoms. The van der Waals surface area contributed by atoms with E-state index in [2.05, 4.69) is 21.2 Å². The first-order valence-corrected chi connectivity index (χ1v) is 5.14. The zero-order valence-corrected chi connectivity index (χ0v) is 8.46. The van der Waals surface area contributed by atoms with E-state index in [1.54, 1.807) is 0 Å². The van der Waals surface area contributed by atoms with Crippen molar-refractivity contribution in [2.24, 2.45) is 5.29 Å². The van der Waals surface area contributed by atoms with Gasteiger partial charge in [0.05, 0.1) is 12.0 Å². The minimum atomic E-state index is 0.524. The molecular formula is C8H19N5O. The summed E-state index contributed by atoms with van der Waals surface area (Å²) in [6, 6.07) is 0. The molecule has 6 heteroatoms. The molecule has 1 aliphatic rings. The summed E-state index contributed by atoms with van der Waals surface area (Å²) < 4.78 is 0. The predicted molar refractivity (Wildman–Crippen MR) is 55.2 cm³/mol. The van der Waals surface area contributed by atoms with Crippen LogP contribution >= 0.6 is 0 Å².